The molecule has 5 nitrogen and oxygen atoms in total. The van der Waals surface area contributed by atoms with E-state index in [1.54, 1.807) is 0 Å². The Morgan fingerprint density at radius 2 is 1.67 bits per heavy atom. The van der Waals surface area contributed by atoms with Crippen LogP contribution in [0.2, 0.25) is 0 Å². The molecule has 0 aromatic heterocycles. The Labute approximate surface area is 152 Å². The lowest BCUT2D eigenvalue weighted by molar-refractivity contribution is -0.145. The third kappa shape index (κ3) is 5.35. The fraction of sp³-hybridized carbons (Fsp3) is 0.889. The normalized spacial score (nSPS) is 22.9. The minimum Gasteiger partial charge on any atom is -0.342 e. The third-order valence-electron chi connectivity index (χ3n) is 5.12. The second-order valence-electron chi connectivity index (χ2n) is 8.17. The van der Waals surface area contributed by atoms with Crippen LogP contribution in [0.25, 0.3) is 0 Å². The van der Waals surface area contributed by atoms with Gasteiger partial charge in [-0.2, -0.15) is 0 Å². The van der Waals surface area contributed by atoms with E-state index in [1.165, 1.54) is 0 Å². The zero-order valence-corrected chi connectivity index (χ0v) is 16.5. The third-order valence-corrected chi connectivity index (χ3v) is 5.12. The largest absolute Gasteiger partial charge is 0.342 e. The maximum absolute atomic E-state index is 12.8. The zero-order valence-electron chi connectivity index (χ0n) is 15.6. The summed E-state index contributed by atoms with van der Waals surface area (Å²) in [6.07, 6.45) is 4.03. The van der Waals surface area contributed by atoms with E-state index >= 15 is 0 Å². The van der Waals surface area contributed by atoms with E-state index in [0.717, 1.165) is 51.9 Å². The number of hydrogen-bond acceptors (Lipinski definition) is 3. The molecule has 2 fully saturated rings. The molecule has 2 aliphatic heterocycles. The van der Waals surface area contributed by atoms with Gasteiger partial charge in [0.1, 0.15) is 0 Å². The van der Waals surface area contributed by atoms with Crippen LogP contribution in [0.15, 0.2) is 0 Å². The van der Waals surface area contributed by atoms with Crippen molar-refractivity contribution in [1.82, 2.24) is 15.1 Å². The summed E-state index contributed by atoms with van der Waals surface area (Å²) in [6, 6.07) is 0. The molecule has 1 atom stereocenters. The molecule has 0 spiro atoms. The molecule has 6 heteroatoms. The average molecular weight is 360 g/mol. The number of nitrogens with one attached hydrogen (secondary N) is 1. The number of carbonyl (C=O) groups is 2. The average Bonchev–Trinajstić information content (AvgIpc) is 2.54. The second kappa shape index (κ2) is 9.04. The maximum atomic E-state index is 12.8. The first-order chi connectivity index (χ1) is 10.8. The number of rotatable bonds is 3. The van der Waals surface area contributed by atoms with Gasteiger partial charge in [-0.15, -0.1) is 12.4 Å². The Kier molecular flexibility index (Phi) is 8.00. The Morgan fingerprint density at radius 3 is 2.21 bits per heavy atom. The topological polar surface area (TPSA) is 52.7 Å². The molecule has 0 aromatic carbocycles. The number of halogens is 1. The number of amides is 2. The van der Waals surface area contributed by atoms with Gasteiger partial charge in [0.25, 0.3) is 0 Å². The summed E-state index contributed by atoms with van der Waals surface area (Å²) in [7, 11) is 1.99. The fourth-order valence-electron chi connectivity index (χ4n) is 3.74. The van der Waals surface area contributed by atoms with Gasteiger partial charge >= 0.3 is 0 Å². The number of carbonyl (C=O) groups excluding carboxylic acids is 2. The van der Waals surface area contributed by atoms with Crippen molar-refractivity contribution in [2.75, 3.05) is 39.8 Å². The Bertz CT molecular complexity index is 428. The molecule has 2 amide bonds. The van der Waals surface area contributed by atoms with Gasteiger partial charge in [0, 0.05) is 31.6 Å². The van der Waals surface area contributed by atoms with Crippen LogP contribution in [-0.4, -0.2) is 61.4 Å². The predicted molar refractivity (Wildman–Crippen MR) is 99.2 cm³/mol. The molecule has 0 radical (unpaired) electrons. The lowest BCUT2D eigenvalue weighted by Crippen LogP contribution is -2.50. The Morgan fingerprint density at radius 1 is 1.04 bits per heavy atom. The van der Waals surface area contributed by atoms with Crippen molar-refractivity contribution >= 4 is 24.2 Å². The summed E-state index contributed by atoms with van der Waals surface area (Å²) < 4.78 is 0. The predicted octanol–water partition coefficient (Wildman–Crippen LogP) is 2.15. The fourth-order valence-corrected chi connectivity index (χ4v) is 3.74. The second-order valence-corrected chi connectivity index (χ2v) is 8.17. The van der Waals surface area contributed by atoms with Crippen molar-refractivity contribution in [1.29, 1.82) is 0 Å². The molecule has 0 saturated carbocycles. The summed E-state index contributed by atoms with van der Waals surface area (Å²) in [6.45, 7) is 10.0. The highest BCUT2D eigenvalue weighted by Crippen LogP contribution is 2.26. The Balaban J connectivity index is 0.00000288. The van der Waals surface area contributed by atoms with Crippen LogP contribution in [0, 0.1) is 17.3 Å². The molecule has 0 bridgehead atoms. The van der Waals surface area contributed by atoms with Gasteiger partial charge in [-0.25, -0.2) is 0 Å². The SMILES string of the molecule is CNCC1CCN(C(=O)C2CCCN(C(=O)C(C)(C)C)C2)CC1.Cl. The smallest absolute Gasteiger partial charge is 0.227 e. The monoisotopic (exact) mass is 359 g/mol. The number of hydrogen-bond donors (Lipinski definition) is 1. The van der Waals surface area contributed by atoms with Gasteiger partial charge in [-0.3, -0.25) is 9.59 Å². The molecule has 24 heavy (non-hydrogen) atoms. The van der Waals surface area contributed by atoms with E-state index in [1.807, 2.05) is 37.6 Å². The quantitative estimate of drug-likeness (QED) is 0.840. The van der Waals surface area contributed by atoms with Gasteiger partial charge in [0.05, 0.1) is 5.92 Å². The summed E-state index contributed by atoms with van der Waals surface area (Å²) in [4.78, 5) is 29.2. The molecule has 2 saturated heterocycles. The molecular formula is C18H34ClN3O2. The molecule has 2 heterocycles. The van der Waals surface area contributed by atoms with Gasteiger partial charge in [-0.05, 0) is 45.2 Å². The first-order valence-electron chi connectivity index (χ1n) is 9.05. The van der Waals surface area contributed by atoms with Crippen LogP contribution in [0.5, 0.6) is 0 Å². The van der Waals surface area contributed by atoms with E-state index in [0.29, 0.717) is 12.5 Å². The first kappa shape index (κ1) is 21.2. The molecule has 1 unspecified atom stereocenters. The van der Waals surface area contributed by atoms with Crippen molar-refractivity contribution in [2.45, 2.75) is 46.5 Å². The highest BCUT2D eigenvalue weighted by molar-refractivity contribution is 5.85. The van der Waals surface area contributed by atoms with Crippen LogP contribution in [0.4, 0.5) is 0 Å². The summed E-state index contributed by atoms with van der Waals surface area (Å²) in [5, 5.41) is 3.23. The molecule has 2 rings (SSSR count). The van der Waals surface area contributed by atoms with E-state index in [4.69, 9.17) is 0 Å². The number of nitrogens with zero attached hydrogens (tertiary/aromatic N) is 2. The standard InChI is InChI=1S/C18H33N3O2.ClH/c1-18(2,3)17(23)21-9-5-6-15(13-21)16(22)20-10-7-14(8-11-20)12-19-4;/h14-15,19H,5-13H2,1-4H3;1H. The van der Waals surface area contributed by atoms with Crippen molar-refractivity contribution in [3.8, 4) is 0 Å². The van der Waals surface area contributed by atoms with Crippen LogP contribution < -0.4 is 5.32 Å². The van der Waals surface area contributed by atoms with E-state index in [9.17, 15) is 9.59 Å². The first-order valence-corrected chi connectivity index (χ1v) is 9.05. The van der Waals surface area contributed by atoms with Gasteiger partial charge < -0.3 is 15.1 Å². The van der Waals surface area contributed by atoms with E-state index in [-0.39, 0.29) is 35.6 Å². The summed E-state index contributed by atoms with van der Waals surface area (Å²) in [5.74, 6) is 1.12. The zero-order chi connectivity index (χ0) is 17.0. The molecule has 2 aliphatic rings. The Hall–Kier alpha value is -0.810. The van der Waals surface area contributed by atoms with Crippen molar-refractivity contribution in [2.24, 2.45) is 17.3 Å². The number of piperidine rings is 2. The van der Waals surface area contributed by atoms with Gasteiger partial charge in [-0.1, -0.05) is 20.8 Å². The number of likely N-dealkylation sites (tertiary alicyclic amines) is 2. The van der Waals surface area contributed by atoms with Gasteiger partial charge in [0.15, 0.2) is 0 Å². The lowest BCUT2D eigenvalue weighted by atomic mass is 9.90. The molecular weight excluding hydrogens is 326 g/mol. The van der Waals surface area contributed by atoms with Crippen LogP contribution >= 0.6 is 12.4 Å². The van der Waals surface area contributed by atoms with Crippen LogP contribution in [0.1, 0.15) is 46.5 Å². The van der Waals surface area contributed by atoms with Crippen LogP contribution in [0.3, 0.4) is 0 Å². The van der Waals surface area contributed by atoms with Crippen molar-refractivity contribution in [3.63, 3.8) is 0 Å². The maximum Gasteiger partial charge on any atom is 0.227 e. The van der Waals surface area contributed by atoms with Crippen molar-refractivity contribution < 1.29 is 9.59 Å². The highest BCUT2D eigenvalue weighted by Gasteiger charge is 2.35. The molecule has 0 aromatic rings. The van der Waals surface area contributed by atoms with E-state index in [2.05, 4.69) is 5.32 Å². The summed E-state index contributed by atoms with van der Waals surface area (Å²) >= 11 is 0. The van der Waals surface area contributed by atoms with Gasteiger partial charge in [0.2, 0.25) is 11.8 Å². The minimum atomic E-state index is -0.365. The highest BCUT2D eigenvalue weighted by atomic mass is 35.5. The lowest BCUT2D eigenvalue weighted by Gasteiger charge is -2.39. The van der Waals surface area contributed by atoms with Crippen LogP contribution in [-0.2, 0) is 9.59 Å². The molecule has 0 aliphatic carbocycles. The minimum absolute atomic E-state index is 0. The molecule has 140 valence electrons. The summed E-state index contributed by atoms with van der Waals surface area (Å²) in [5.41, 5.74) is -0.365. The van der Waals surface area contributed by atoms with Crippen molar-refractivity contribution in [3.05, 3.63) is 0 Å². The molecule has 1 N–H and O–H groups in total. The van der Waals surface area contributed by atoms with E-state index < -0.39 is 0 Å².